The van der Waals surface area contributed by atoms with Crippen molar-refractivity contribution >= 4 is 23.3 Å². The first-order valence-electron chi connectivity index (χ1n) is 5.89. The third kappa shape index (κ3) is 2.50. The molecule has 1 aromatic heterocycles. The summed E-state index contributed by atoms with van der Waals surface area (Å²) in [6.07, 6.45) is 3.86. The Morgan fingerprint density at radius 1 is 1.40 bits per heavy atom. The molecule has 1 N–H and O–H groups in total. The summed E-state index contributed by atoms with van der Waals surface area (Å²) in [7, 11) is 0. The number of allylic oxidation sites excluding steroid dienone is 2. The Balaban J connectivity index is 1.94. The third-order valence-corrected chi connectivity index (χ3v) is 3.61. The Labute approximate surface area is 119 Å². The summed E-state index contributed by atoms with van der Waals surface area (Å²) in [4.78, 5) is 15.3. The first kappa shape index (κ1) is 12.7. The summed E-state index contributed by atoms with van der Waals surface area (Å²) in [5.41, 5.74) is 1.79. The molecule has 0 atom stereocenters. The molecule has 6 heteroatoms. The number of carbonyl (C=O) groups is 1. The second-order valence-electron chi connectivity index (χ2n) is 4.14. The molecule has 1 aliphatic heterocycles. The molecule has 100 valence electrons. The molecule has 2 heterocycles. The molecule has 0 unspecified atom stereocenters. The number of hydrogen-bond acceptors (Lipinski definition) is 5. The van der Waals surface area contributed by atoms with Gasteiger partial charge in [-0.1, -0.05) is 29.4 Å². The number of carboxylic acid groups (broad SMARTS) is 1. The molecule has 1 aromatic carbocycles. The highest BCUT2D eigenvalue weighted by atomic mass is 32.2. The first-order chi connectivity index (χ1) is 9.74. The number of aromatic carboxylic acids is 1. The van der Waals surface area contributed by atoms with Gasteiger partial charge in [0, 0.05) is 16.9 Å². The number of benzene rings is 1. The molecule has 0 fully saturated rings. The van der Waals surface area contributed by atoms with Crippen LogP contribution in [-0.2, 0) is 0 Å². The van der Waals surface area contributed by atoms with Crippen molar-refractivity contribution in [1.29, 1.82) is 0 Å². The molecule has 0 spiro atoms. The summed E-state index contributed by atoms with van der Waals surface area (Å²) in [5.74, 6) is 0.668. The largest absolute Gasteiger partial charge is 0.478 e. The Hall–Kier alpha value is -2.34. The fraction of sp³-hybridized carbons (Fsp3) is 0.0714. The lowest BCUT2D eigenvalue weighted by atomic mass is 10.1. The second kappa shape index (κ2) is 5.34. The van der Waals surface area contributed by atoms with Crippen molar-refractivity contribution in [2.45, 2.75) is 0 Å². The number of rotatable bonds is 3. The van der Waals surface area contributed by atoms with Crippen molar-refractivity contribution in [1.82, 2.24) is 10.1 Å². The molecule has 1 aliphatic rings. The van der Waals surface area contributed by atoms with Crippen molar-refractivity contribution in [3.63, 3.8) is 0 Å². The lowest BCUT2D eigenvalue weighted by molar-refractivity contribution is 0.0697. The zero-order chi connectivity index (χ0) is 13.9. The smallest absolute Gasteiger partial charge is 0.335 e. The summed E-state index contributed by atoms with van der Waals surface area (Å²) < 4.78 is 5.23. The van der Waals surface area contributed by atoms with E-state index in [2.05, 4.69) is 10.1 Å². The predicted molar refractivity (Wildman–Crippen MR) is 76.3 cm³/mol. The van der Waals surface area contributed by atoms with Crippen LogP contribution in [0.5, 0.6) is 0 Å². The highest BCUT2D eigenvalue weighted by molar-refractivity contribution is 8.02. The average Bonchev–Trinajstić information content (AvgIpc) is 2.98. The minimum Gasteiger partial charge on any atom is -0.478 e. The Kier molecular flexibility index (Phi) is 3.39. The van der Waals surface area contributed by atoms with Crippen molar-refractivity contribution in [3.8, 4) is 11.4 Å². The Bertz CT molecular complexity index is 719. The van der Waals surface area contributed by atoms with Gasteiger partial charge in [-0.15, -0.1) is 11.8 Å². The van der Waals surface area contributed by atoms with Crippen LogP contribution >= 0.6 is 11.8 Å². The number of carboxylic acids is 1. The van der Waals surface area contributed by atoms with Crippen molar-refractivity contribution in [2.24, 2.45) is 0 Å². The summed E-state index contributed by atoms with van der Waals surface area (Å²) in [5, 5.41) is 14.9. The molecule has 5 nitrogen and oxygen atoms in total. The highest BCUT2D eigenvalue weighted by Crippen LogP contribution is 2.25. The van der Waals surface area contributed by atoms with Crippen LogP contribution in [0.1, 0.15) is 16.2 Å². The number of hydrogen-bond donors (Lipinski definition) is 1. The molecule has 0 radical (unpaired) electrons. The average molecular weight is 286 g/mol. The van der Waals surface area contributed by atoms with Crippen molar-refractivity contribution in [3.05, 3.63) is 53.3 Å². The van der Waals surface area contributed by atoms with Gasteiger partial charge in [0.05, 0.1) is 5.56 Å². The van der Waals surface area contributed by atoms with Gasteiger partial charge < -0.3 is 9.63 Å². The maximum Gasteiger partial charge on any atom is 0.335 e. The van der Waals surface area contributed by atoms with E-state index in [-0.39, 0.29) is 5.56 Å². The molecule has 2 aromatic rings. The van der Waals surface area contributed by atoms with E-state index in [1.165, 1.54) is 12.1 Å². The van der Waals surface area contributed by atoms with E-state index in [0.717, 1.165) is 11.3 Å². The molecule has 0 aliphatic carbocycles. The predicted octanol–water partition coefficient (Wildman–Crippen LogP) is 3.08. The van der Waals surface area contributed by atoms with E-state index in [9.17, 15) is 4.79 Å². The van der Waals surface area contributed by atoms with Crippen LogP contribution in [0.3, 0.4) is 0 Å². The third-order valence-electron chi connectivity index (χ3n) is 2.78. The van der Waals surface area contributed by atoms with Crippen LogP contribution in [0.15, 0.2) is 46.3 Å². The molecular weight excluding hydrogens is 276 g/mol. The van der Waals surface area contributed by atoms with E-state index in [1.807, 2.05) is 17.6 Å². The van der Waals surface area contributed by atoms with Crippen molar-refractivity contribution < 1.29 is 14.4 Å². The van der Waals surface area contributed by atoms with Crippen LogP contribution < -0.4 is 0 Å². The molecule has 0 saturated carbocycles. The van der Waals surface area contributed by atoms with Gasteiger partial charge >= 0.3 is 5.97 Å². The van der Waals surface area contributed by atoms with Gasteiger partial charge in [0.15, 0.2) is 0 Å². The summed E-state index contributed by atoms with van der Waals surface area (Å²) in [6.45, 7) is 0. The summed E-state index contributed by atoms with van der Waals surface area (Å²) in [6, 6.07) is 6.47. The van der Waals surface area contributed by atoms with Gasteiger partial charge in [-0.05, 0) is 17.5 Å². The molecular formula is C14H10N2O3S. The lowest BCUT2D eigenvalue weighted by Gasteiger charge is -2.01. The molecule has 3 rings (SSSR count). The van der Waals surface area contributed by atoms with Gasteiger partial charge in [-0.2, -0.15) is 4.98 Å². The van der Waals surface area contributed by atoms with Crippen LogP contribution in [-0.4, -0.2) is 27.0 Å². The fourth-order valence-electron chi connectivity index (χ4n) is 1.79. The van der Waals surface area contributed by atoms with Crippen LogP contribution in [0.2, 0.25) is 0 Å². The Morgan fingerprint density at radius 3 is 3.05 bits per heavy atom. The first-order valence-corrected chi connectivity index (χ1v) is 6.94. The number of nitrogens with zero attached hydrogens (tertiary/aromatic N) is 2. The van der Waals surface area contributed by atoms with E-state index < -0.39 is 5.97 Å². The second-order valence-corrected chi connectivity index (χ2v) is 5.03. The zero-order valence-electron chi connectivity index (χ0n) is 10.3. The quantitative estimate of drug-likeness (QED) is 0.934. The van der Waals surface area contributed by atoms with Gasteiger partial charge in [0.25, 0.3) is 5.89 Å². The maximum atomic E-state index is 11.0. The molecule has 0 bridgehead atoms. The van der Waals surface area contributed by atoms with E-state index in [0.29, 0.717) is 17.3 Å². The summed E-state index contributed by atoms with van der Waals surface area (Å²) >= 11 is 1.65. The van der Waals surface area contributed by atoms with E-state index >= 15 is 0 Å². The van der Waals surface area contributed by atoms with E-state index in [1.54, 1.807) is 23.9 Å². The number of aromatic nitrogens is 2. The lowest BCUT2D eigenvalue weighted by Crippen LogP contribution is -1.96. The zero-order valence-corrected chi connectivity index (χ0v) is 11.1. The van der Waals surface area contributed by atoms with Crippen LogP contribution in [0.25, 0.3) is 17.0 Å². The number of thioether (sulfide) groups is 1. The van der Waals surface area contributed by atoms with Crippen LogP contribution in [0.4, 0.5) is 0 Å². The topological polar surface area (TPSA) is 76.2 Å². The SMILES string of the molecule is O=C(O)c1cccc(-c2noc(C3=CC=CSC3)n2)c1. The normalized spacial score (nSPS) is 14.1. The highest BCUT2D eigenvalue weighted by Gasteiger charge is 2.14. The molecule has 0 saturated heterocycles. The molecule has 20 heavy (non-hydrogen) atoms. The van der Waals surface area contributed by atoms with Gasteiger partial charge in [0.1, 0.15) is 0 Å². The fourth-order valence-corrected chi connectivity index (χ4v) is 2.48. The monoisotopic (exact) mass is 286 g/mol. The molecule has 0 amide bonds. The standard InChI is InChI=1S/C14H10N2O3S/c17-14(18)10-4-1-3-9(7-10)12-15-13(19-16-12)11-5-2-6-20-8-11/h1-7H,8H2,(H,17,18). The maximum absolute atomic E-state index is 11.0. The van der Waals surface area contributed by atoms with Gasteiger partial charge in [-0.25, -0.2) is 4.79 Å². The van der Waals surface area contributed by atoms with Crippen molar-refractivity contribution in [2.75, 3.05) is 5.75 Å². The minimum atomic E-state index is -0.980. The van der Waals surface area contributed by atoms with Gasteiger partial charge in [-0.3, -0.25) is 0 Å². The van der Waals surface area contributed by atoms with Gasteiger partial charge in [0.2, 0.25) is 5.82 Å². The Morgan fingerprint density at radius 2 is 2.30 bits per heavy atom. The van der Waals surface area contributed by atoms with E-state index in [4.69, 9.17) is 9.63 Å². The van der Waals surface area contributed by atoms with Crippen LogP contribution in [0, 0.1) is 0 Å². The minimum absolute atomic E-state index is 0.198.